The summed E-state index contributed by atoms with van der Waals surface area (Å²) in [4.78, 5) is 56.5. The number of fused-ring (bicyclic) bond motifs is 1. The molecule has 1 aliphatic heterocycles. The van der Waals surface area contributed by atoms with Gasteiger partial charge in [-0.1, -0.05) is 48.5 Å². The molecule has 43 heavy (non-hydrogen) atoms. The summed E-state index contributed by atoms with van der Waals surface area (Å²) in [5.41, 5.74) is 5.22. The molecular weight excluding hydrogens is 542 g/mol. The number of hydrogen-bond donors (Lipinski definition) is 2. The normalized spacial score (nSPS) is 15.4. The summed E-state index contributed by atoms with van der Waals surface area (Å²) < 4.78 is 5.36. The van der Waals surface area contributed by atoms with Crippen LogP contribution in [0.4, 0.5) is 5.69 Å². The van der Waals surface area contributed by atoms with E-state index in [1.54, 1.807) is 18.7 Å². The number of ether oxygens (including phenoxy) is 1. The van der Waals surface area contributed by atoms with Gasteiger partial charge in [0.05, 0.1) is 24.5 Å². The summed E-state index contributed by atoms with van der Waals surface area (Å²) in [5.74, 6) is -1.47. The Morgan fingerprint density at radius 1 is 0.977 bits per heavy atom. The fourth-order valence-corrected chi connectivity index (χ4v) is 5.78. The van der Waals surface area contributed by atoms with Crippen LogP contribution in [0.25, 0.3) is 22.2 Å². The monoisotopic (exact) mass is 579 g/mol. The van der Waals surface area contributed by atoms with Gasteiger partial charge in [0, 0.05) is 42.2 Å². The number of anilines is 1. The molecule has 1 fully saturated rings. The van der Waals surface area contributed by atoms with E-state index in [2.05, 4.69) is 10.3 Å². The highest BCUT2D eigenvalue weighted by Crippen LogP contribution is 2.30. The Labute approximate surface area is 251 Å². The third-order valence-corrected chi connectivity index (χ3v) is 7.73. The molecule has 5 rings (SSSR count). The van der Waals surface area contributed by atoms with Gasteiger partial charge >= 0.3 is 5.97 Å². The number of amides is 2. The highest BCUT2D eigenvalue weighted by molar-refractivity contribution is 5.95. The highest BCUT2D eigenvalue weighted by Gasteiger charge is 2.38. The lowest BCUT2D eigenvalue weighted by Gasteiger charge is -2.28. The lowest BCUT2D eigenvalue weighted by molar-refractivity contribution is -0.150. The number of nitrogens with one attached hydrogen (secondary N) is 2. The molecule has 2 amide bonds. The Kier molecular flexibility index (Phi) is 9.04. The molecule has 0 bridgehead atoms. The molecule has 1 aromatic heterocycles. The minimum atomic E-state index is -0.706. The van der Waals surface area contributed by atoms with Gasteiger partial charge in [-0.25, -0.2) is 0 Å². The zero-order valence-electron chi connectivity index (χ0n) is 24.8. The second kappa shape index (κ2) is 13.1. The van der Waals surface area contributed by atoms with E-state index in [1.165, 1.54) is 6.92 Å². The van der Waals surface area contributed by atoms with Gasteiger partial charge < -0.3 is 19.9 Å². The van der Waals surface area contributed by atoms with Crippen molar-refractivity contribution in [3.8, 4) is 11.3 Å². The lowest BCUT2D eigenvalue weighted by atomic mass is 9.93. The lowest BCUT2D eigenvalue weighted by Crippen LogP contribution is -2.44. The maximum absolute atomic E-state index is 13.9. The standard InChI is InChI=1S/C35H37N3O5/c1-22(2)43-34(41)21-29(25-8-5-4-6-9-25)35(42)38-17-7-10-32(38)33(40)19-24-11-16-30-27(18-24)20-31(37-30)26-12-14-28(15-13-26)36-23(3)39/h4-6,8-9,11-16,18,20,22,29,32,37H,7,10,17,19,21H2,1-3H3,(H,36,39)/t29-,32+/m1/s1. The van der Waals surface area contributed by atoms with E-state index >= 15 is 0 Å². The van der Waals surface area contributed by atoms with Crippen molar-refractivity contribution < 1.29 is 23.9 Å². The van der Waals surface area contributed by atoms with E-state index in [1.807, 2.05) is 78.9 Å². The van der Waals surface area contributed by atoms with Gasteiger partial charge in [0.25, 0.3) is 0 Å². The molecule has 0 saturated carbocycles. The summed E-state index contributed by atoms with van der Waals surface area (Å²) in [6.45, 7) is 5.53. The van der Waals surface area contributed by atoms with E-state index < -0.39 is 17.9 Å². The SMILES string of the molecule is CC(=O)Nc1ccc(-c2cc3cc(CC(=O)[C@@H]4CCCN4C(=O)[C@H](CC(=O)OC(C)C)c4ccccc4)ccc3[nH]2)cc1. The Hall–Kier alpha value is -4.72. The van der Waals surface area contributed by atoms with Crippen molar-refractivity contribution in [1.29, 1.82) is 0 Å². The summed E-state index contributed by atoms with van der Waals surface area (Å²) in [6.07, 6.45) is 1.21. The maximum atomic E-state index is 13.9. The molecule has 0 unspecified atom stereocenters. The van der Waals surface area contributed by atoms with Gasteiger partial charge in [-0.15, -0.1) is 0 Å². The summed E-state index contributed by atoms with van der Waals surface area (Å²) in [7, 11) is 0. The fraction of sp³-hybridized carbons (Fsp3) is 0.314. The van der Waals surface area contributed by atoms with E-state index in [4.69, 9.17) is 4.74 Å². The molecule has 2 heterocycles. The van der Waals surface area contributed by atoms with Crippen LogP contribution >= 0.6 is 0 Å². The zero-order valence-corrected chi connectivity index (χ0v) is 24.8. The molecule has 1 aliphatic rings. The molecular formula is C35H37N3O5. The number of carbonyl (C=O) groups excluding carboxylic acids is 4. The number of esters is 1. The number of aromatic amines is 1. The molecule has 1 saturated heterocycles. The molecule has 0 spiro atoms. The van der Waals surface area contributed by atoms with Crippen LogP contribution in [0.2, 0.25) is 0 Å². The average molecular weight is 580 g/mol. The molecule has 0 aliphatic carbocycles. The molecule has 8 nitrogen and oxygen atoms in total. The van der Waals surface area contributed by atoms with Crippen molar-refractivity contribution >= 4 is 40.2 Å². The summed E-state index contributed by atoms with van der Waals surface area (Å²) in [5, 5.41) is 3.76. The third kappa shape index (κ3) is 7.20. The first-order chi connectivity index (χ1) is 20.7. The van der Waals surface area contributed by atoms with E-state index in [9.17, 15) is 19.2 Å². The molecule has 3 aromatic carbocycles. The number of carbonyl (C=O) groups is 4. The van der Waals surface area contributed by atoms with Gasteiger partial charge in [-0.3, -0.25) is 19.2 Å². The Morgan fingerprint density at radius 2 is 1.72 bits per heavy atom. The van der Waals surface area contributed by atoms with Gasteiger partial charge in [0.15, 0.2) is 5.78 Å². The number of aromatic nitrogens is 1. The van der Waals surface area contributed by atoms with Gasteiger partial charge in [0.1, 0.15) is 0 Å². The smallest absolute Gasteiger partial charge is 0.307 e. The number of H-pyrrole nitrogens is 1. The van der Waals surface area contributed by atoms with Crippen LogP contribution in [0, 0.1) is 0 Å². The minimum Gasteiger partial charge on any atom is -0.463 e. The topological polar surface area (TPSA) is 109 Å². The van der Waals surface area contributed by atoms with Crippen molar-refractivity contribution in [2.75, 3.05) is 11.9 Å². The first-order valence-electron chi connectivity index (χ1n) is 14.7. The molecule has 222 valence electrons. The number of hydrogen-bond acceptors (Lipinski definition) is 5. The highest BCUT2D eigenvalue weighted by atomic mass is 16.5. The van der Waals surface area contributed by atoms with Crippen LogP contribution < -0.4 is 5.32 Å². The first-order valence-corrected chi connectivity index (χ1v) is 14.7. The van der Waals surface area contributed by atoms with Crippen LogP contribution in [-0.4, -0.2) is 52.1 Å². The second-order valence-electron chi connectivity index (χ2n) is 11.4. The quantitative estimate of drug-likeness (QED) is 0.223. The van der Waals surface area contributed by atoms with Crippen molar-refractivity contribution in [2.24, 2.45) is 0 Å². The maximum Gasteiger partial charge on any atom is 0.307 e. The molecule has 0 radical (unpaired) electrons. The minimum absolute atomic E-state index is 0.00825. The molecule has 8 heteroatoms. The Morgan fingerprint density at radius 3 is 2.42 bits per heavy atom. The van der Waals surface area contributed by atoms with Crippen LogP contribution in [0.3, 0.4) is 0 Å². The predicted molar refractivity (Wildman–Crippen MR) is 167 cm³/mol. The third-order valence-electron chi connectivity index (χ3n) is 7.73. The molecule has 2 atom stereocenters. The Bertz CT molecular complexity index is 1620. The van der Waals surface area contributed by atoms with Crippen molar-refractivity contribution in [3.63, 3.8) is 0 Å². The van der Waals surface area contributed by atoms with E-state index in [-0.39, 0.29) is 36.5 Å². The van der Waals surface area contributed by atoms with E-state index in [0.717, 1.165) is 45.4 Å². The van der Waals surface area contributed by atoms with Crippen LogP contribution in [0.1, 0.15) is 57.1 Å². The van der Waals surface area contributed by atoms with Crippen LogP contribution in [0.15, 0.2) is 78.9 Å². The summed E-state index contributed by atoms with van der Waals surface area (Å²) >= 11 is 0. The predicted octanol–water partition coefficient (Wildman–Crippen LogP) is 6.02. The fourth-order valence-electron chi connectivity index (χ4n) is 5.78. The molecule has 4 aromatic rings. The van der Waals surface area contributed by atoms with Crippen LogP contribution in [0.5, 0.6) is 0 Å². The number of benzene rings is 3. The van der Waals surface area contributed by atoms with Gasteiger partial charge in [0.2, 0.25) is 11.8 Å². The van der Waals surface area contributed by atoms with Crippen molar-refractivity contribution in [1.82, 2.24) is 9.88 Å². The van der Waals surface area contributed by atoms with Gasteiger partial charge in [-0.2, -0.15) is 0 Å². The number of rotatable bonds is 10. The van der Waals surface area contributed by atoms with Crippen molar-refractivity contribution in [3.05, 3.63) is 90.0 Å². The average Bonchev–Trinajstić information content (AvgIpc) is 3.63. The summed E-state index contributed by atoms with van der Waals surface area (Å²) in [6, 6.07) is 24.3. The number of nitrogens with zero attached hydrogens (tertiary/aromatic N) is 1. The number of likely N-dealkylation sites (tertiary alicyclic amines) is 1. The molecule has 2 N–H and O–H groups in total. The van der Waals surface area contributed by atoms with Crippen LogP contribution in [-0.2, 0) is 30.3 Å². The Balaban J connectivity index is 1.30. The number of ketones is 1. The van der Waals surface area contributed by atoms with E-state index in [0.29, 0.717) is 13.0 Å². The van der Waals surface area contributed by atoms with Crippen molar-refractivity contribution in [2.45, 2.75) is 64.5 Å². The van der Waals surface area contributed by atoms with Gasteiger partial charge in [-0.05, 0) is 73.7 Å². The number of Topliss-reactive ketones (excluding diaryl/α,β-unsaturated/α-hetero) is 1. The second-order valence-corrected chi connectivity index (χ2v) is 11.4. The largest absolute Gasteiger partial charge is 0.463 e. The first kappa shape index (κ1) is 29.8. The zero-order chi connectivity index (χ0) is 30.5.